The zero-order chi connectivity index (χ0) is 22.5. The van der Waals surface area contributed by atoms with Gasteiger partial charge in [0.2, 0.25) is 11.6 Å². The van der Waals surface area contributed by atoms with Crippen LogP contribution in [-0.2, 0) is 11.3 Å². The second-order valence-electron chi connectivity index (χ2n) is 7.30. The fourth-order valence-corrected chi connectivity index (χ4v) is 3.52. The molecule has 4 rings (SSSR count). The Morgan fingerprint density at radius 1 is 1.16 bits per heavy atom. The predicted octanol–water partition coefficient (Wildman–Crippen LogP) is 3.09. The molecule has 32 heavy (non-hydrogen) atoms. The Kier molecular flexibility index (Phi) is 6.39. The van der Waals surface area contributed by atoms with E-state index in [1.807, 2.05) is 29.5 Å². The van der Waals surface area contributed by atoms with Gasteiger partial charge >= 0.3 is 0 Å². The third-order valence-electron chi connectivity index (χ3n) is 5.15. The van der Waals surface area contributed by atoms with Gasteiger partial charge in [0.05, 0.1) is 38.1 Å². The van der Waals surface area contributed by atoms with Gasteiger partial charge in [-0.25, -0.2) is 4.98 Å². The van der Waals surface area contributed by atoms with Gasteiger partial charge in [-0.2, -0.15) is 0 Å². The van der Waals surface area contributed by atoms with Gasteiger partial charge in [-0.3, -0.25) is 9.20 Å². The van der Waals surface area contributed by atoms with Crippen LogP contribution in [0.15, 0.2) is 34.9 Å². The number of nitrogens with zero attached hydrogens (tertiary/aromatic N) is 4. The molecule has 0 aliphatic rings. The minimum Gasteiger partial charge on any atom is -0.493 e. The van der Waals surface area contributed by atoms with Gasteiger partial charge in [-0.05, 0) is 31.9 Å². The molecule has 0 atom stereocenters. The van der Waals surface area contributed by atoms with E-state index < -0.39 is 0 Å². The summed E-state index contributed by atoms with van der Waals surface area (Å²) in [5.74, 6) is 3.33. The molecule has 0 saturated heterocycles. The maximum atomic E-state index is 12.0. The van der Waals surface area contributed by atoms with Gasteiger partial charge in [-0.15, -0.1) is 10.2 Å². The number of aromatic nitrogens is 4. The van der Waals surface area contributed by atoms with Gasteiger partial charge in [0, 0.05) is 25.1 Å². The average Bonchev–Trinajstić information content (AvgIpc) is 3.46. The summed E-state index contributed by atoms with van der Waals surface area (Å²) in [7, 11) is 3.19. The zero-order valence-corrected chi connectivity index (χ0v) is 18.3. The van der Waals surface area contributed by atoms with Gasteiger partial charge in [0.25, 0.3) is 0 Å². The molecule has 3 aromatic heterocycles. The number of furan rings is 1. The molecule has 0 saturated carbocycles. The van der Waals surface area contributed by atoms with Crippen LogP contribution in [-0.4, -0.2) is 46.3 Å². The fraction of sp³-hybridized carbons (Fsp3) is 0.364. The lowest BCUT2D eigenvalue weighted by molar-refractivity contribution is -0.121. The monoisotopic (exact) mass is 438 g/mol. The van der Waals surface area contributed by atoms with E-state index in [9.17, 15) is 4.79 Å². The van der Waals surface area contributed by atoms with E-state index in [1.165, 1.54) is 0 Å². The molecule has 3 heterocycles. The number of benzene rings is 1. The summed E-state index contributed by atoms with van der Waals surface area (Å²) in [4.78, 5) is 16.7. The molecule has 2 N–H and O–H groups in total. The van der Waals surface area contributed by atoms with E-state index in [0.717, 1.165) is 35.5 Å². The SMILES string of the molecule is COc1cc2nc(NCCCCC(=O)NCc3ccco3)c3nnc(C)n3c2cc1OC. The van der Waals surface area contributed by atoms with E-state index >= 15 is 0 Å². The predicted molar refractivity (Wildman–Crippen MR) is 119 cm³/mol. The maximum absolute atomic E-state index is 12.0. The van der Waals surface area contributed by atoms with Crippen LogP contribution in [0.25, 0.3) is 16.7 Å². The van der Waals surface area contributed by atoms with E-state index in [2.05, 4.69) is 20.8 Å². The third kappa shape index (κ3) is 4.43. The first-order valence-electron chi connectivity index (χ1n) is 10.4. The van der Waals surface area contributed by atoms with Crippen molar-refractivity contribution >= 4 is 28.4 Å². The minimum atomic E-state index is 0.00162. The number of ether oxygens (including phenoxy) is 2. The number of carbonyl (C=O) groups is 1. The smallest absolute Gasteiger partial charge is 0.220 e. The largest absolute Gasteiger partial charge is 0.493 e. The van der Waals surface area contributed by atoms with E-state index in [4.69, 9.17) is 18.9 Å². The number of aryl methyl sites for hydroxylation is 1. The second kappa shape index (κ2) is 9.54. The number of rotatable bonds is 10. The summed E-state index contributed by atoms with van der Waals surface area (Å²) >= 11 is 0. The van der Waals surface area contributed by atoms with Crippen LogP contribution in [0, 0.1) is 6.92 Å². The summed E-state index contributed by atoms with van der Waals surface area (Å²) in [6.45, 7) is 2.95. The van der Waals surface area contributed by atoms with E-state index in [1.54, 1.807) is 26.5 Å². The topological polar surface area (TPSA) is 116 Å². The molecule has 0 aliphatic carbocycles. The summed E-state index contributed by atoms with van der Waals surface area (Å²) in [5, 5.41) is 14.7. The highest BCUT2D eigenvalue weighted by Gasteiger charge is 2.16. The molecule has 0 spiro atoms. The first-order valence-corrected chi connectivity index (χ1v) is 10.4. The van der Waals surface area contributed by atoms with Crippen molar-refractivity contribution in [2.24, 2.45) is 0 Å². The van der Waals surface area contributed by atoms with Crippen molar-refractivity contribution in [3.05, 3.63) is 42.1 Å². The highest BCUT2D eigenvalue weighted by Crippen LogP contribution is 2.33. The quantitative estimate of drug-likeness (QED) is 0.363. The number of hydrogen-bond donors (Lipinski definition) is 2. The Morgan fingerprint density at radius 2 is 1.97 bits per heavy atom. The summed E-state index contributed by atoms with van der Waals surface area (Å²) in [5.41, 5.74) is 2.20. The van der Waals surface area contributed by atoms with Crippen molar-refractivity contribution in [3.63, 3.8) is 0 Å². The van der Waals surface area contributed by atoms with Crippen LogP contribution in [0.3, 0.4) is 0 Å². The highest BCUT2D eigenvalue weighted by molar-refractivity contribution is 5.85. The number of hydrogen-bond acceptors (Lipinski definition) is 8. The maximum Gasteiger partial charge on any atom is 0.220 e. The van der Waals surface area contributed by atoms with Crippen molar-refractivity contribution in [1.29, 1.82) is 0 Å². The Hall–Kier alpha value is -3.82. The average molecular weight is 438 g/mol. The lowest BCUT2D eigenvalue weighted by Gasteiger charge is -2.13. The Labute approximate surface area is 184 Å². The lowest BCUT2D eigenvalue weighted by atomic mass is 10.2. The minimum absolute atomic E-state index is 0.00162. The summed E-state index contributed by atoms with van der Waals surface area (Å²) in [6, 6.07) is 7.34. The van der Waals surface area contributed by atoms with E-state index in [0.29, 0.717) is 42.5 Å². The summed E-state index contributed by atoms with van der Waals surface area (Å²) in [6.07, 6.45) is 3.59. The Balaban J connectivity index is 1.41. The van der Waals surface area contributed by atoms with Crippen LogP contribution in [0.2, 0.25) is 0 Å². The van der Waals surface area contributed by atoms with Crippen molar-refractivity contribution < 1.29 is 18.7 Å². The Bertz CT molecular complexity index is 1220. The first-order chi connectivity index (χ1) is 15.6. The molecule has 4 aromatic rings. The number of anilines is 1. The molecular weight excluding hydrogens is 412 g/mol. The number of carbonyl (C=O) groups excluding carboxylic acids is 1. The van der Waals surface area contributed by atoms with Crippen molar-refractivity contribution in [2.45, 2.75) is 32.7 Å². The van der Waals surface area contributed by atoms with Gasteiger partial charge < -0.3 is 24.5 Å². The summed E-state index contributed by atoms with van der Waals surface area (Å²) < 4.78 is 18.0. The van der Waals surface area contributed by atoms with Crippen molar-refractivity contribution in [3.8, 4) is 11.5 Å². The second-order valence-corrected chi connectivity index (χ2v) is 7.30. The third-order valence-corrected chi connectivity index (χ3v) is 5.15. The Morgan fingerprint density at radius 3 is 2.72 bits per heavy atom. The van der Waals surface area contributed by atoms with Gasteiger partial charge in [0.15, 0.2) is 17.3 Å². The zero-order valence-electron chi connectivity index (χ0n) is 18.3. The molecule has 0 fully saturated rings. The van der Waals surface area contributed by atoms with Crippen LogP contribution in [0.1, 0.15) is 30.8 Å². The van der Waals surface area contributed by atoms with Crippen molar-refractivity contribution in [1.82, 2.24) is 24.9 Å². The molecular formula is C22H26N6O4. The van der Waals surface area contributed by atoms with E-state index in [-0.39, 0.29) is 5.91 Å². The van der Waals surface area contributed by atoms with Crippen LogP contribution < -0.4 is 20.1 Å². The van der Waals surface area contributed by atoms with Gasteiger partial charge in [0.1, 0.15) is 11.6 Å². The molecule has 0 bridgehead atoms. The standard InChI is InChI=1S/C22H26N6O4/c1-14-26-27-22-21(23-9-5-4-8-20(29)24-13-15-7-6-10-32-15)25-16-11-18(30-2)19(31-3)12-17(16)28(14)22/h6-7,10-12H,4-5,8-9,13H2,1-3H3,(H,23,25)(H,24,29). The molecule has 10 heteroatoms. The number of nitrogens with one attached hydrogen (secondary N) is 2. The molecule has 0 unspecified atom stereocenters. The van der Waals surface area contributed by atoms with Gasteiger partial charge in [-0.1, -0.05) is 0 Å². The number of fused-ring (bicyclic) bond motifs is 3. The molecule has 1 aromatic carbocycles. The fourth-order valence-electron chi connectivity index (χ4n) is 3.52. The normalized spacial score (nSPS) is 11.1. The first kappa shape index (κ1) is 21.4. The van der Waals surface area contributed by atoms with Crippen LogP contribution in [0.5, 0.6) is 11.5 Å². The van der Waals surface area contributed by atoms with Crippen LogP contribution >= 0.6 is 0 Å². The van der Waals surface area contributed by atoms with Crippen LogP contribution in [0.4, 0.5) is 5.82 Å². The molecule has 168 valence electrons. The molecule has 1 amide bonds. The molecule has 0 aliphatic heterocycles. The number of amides is 1. The highest BCUT2D eigenvalue weighted by atomic mass is 16.5. The molecule has 0 radical (unpaired) electrons. The number of unbranched alkanes of at least 4 members (excludes halogenated alkanes) is 1. The molecule has 10 nitrogen and oxygen atoms in total. The number of methoxy groups -OCH3 is 2. The van der Waals surface area contributed by atoms with Crippen molar-refractivity contribution in [2.75, 3.05) is 26.1 Å². The lowest BCUT2D eigenvalue weighted by Crippen LogP contribution is -2.22.